The zero-order valence-electron chi connectivity index (χ0n) is 21.8. The third-order valence-electron chi connectivity index (χ3n) is 7.04. The van der Waals surface area contributed by atoms with Crippen molar-refractivity contribution in [3.05, 3.63) is 34.9 Å². The lowest BCUT2D eigenvalue weighted by Crippen LogP contribution is -2.52. The molecule has 1 saturated heterocycles. The van der Waals surface area contributed by atoms with E-state index in [1.165, 1.54) is 4.90 Å². The number of benzene rings is 1. The fraction of sp³-hybridized carbons (Fsp3) is 0.571. The normalized spacial score (nSPS) is 23.6. The molecular formula is C28H36N4O5. The van der Waals surface area contributed by atoms with Gasteiger partial charge < -0.3 is 20.3 Å². The molecule has 2 heterocycles. The van der Waals surface area contributed by atoms with Gasteiger partial charge in [-0.05, 0) is 76.6 Å². The summed E-state index contributed by atoms with van der Waals surface area (Å²) in [5.74, 6) is 5.38. The second kappa shape index (κ2) is 10.9. The van der Waals surface area contributed by atoms with Gasteiger partial charge in [-0.15, -0.1) is 0 Å². The van der Waals surface area contributed by atoms with Crippen molar-refractivity contribution in [3.8, 4) is 11.8 Å². The highest BCUT2D eigenvalue weighted by molar-refractivity contribution is 6.05. The minimum absolute atomic E-state index is 0.0979. The van der Waals surface area contributed by atoms with Crippen LogP contribution in [0.25, 0.3) is 0 Å². The van der Waals surface area contributed by atoms with E-state index in [9.17, 15) is 19.2 Å². The molecule has 4 amide bonds. The third-order valence-corrected chi connectivity index (χ3v) is 7.04. The lowest BCUT2D eigenvalue weighted by atomic mass is 9.91. The molecule has 1 unspecified atom stereocenters. The van der Waals surface area contributed by atoms with E-state index < -0.39 is 17.6 Å². The van der Waals surface area contributed by atoms with E-state index in [4.69, 9.17) is 10.5 Å². The molecule has 2 aliphatic heterocycles. The van der Waals surface area contributed by atoms with Crippen LogP contribution in [0.4, 0.5) is 4.79 Å². The van der Waals surface area contributed by atoms with Crippen LogP contribution in [0.1, 0.15) is 87.2 Å². The SMILES string of the molecule is CC(C)(C)OC(=O)N(CCC#Cc1ccc2c(c1)CN(C1CCC(=O)NC1=O)C2=O)[C@H]1CC[C@H](N)CC1. The smallest absolute Gasteiger partial charge is 0.410 e. The summed E-state index contributed by atoms with van der Waals surface area (Å²) in [6.45, 7) is 6.36. The molecule has 1 aromatic rings. The Hall–Kier alpha value is -3.38. The topological polar surface area (TPSA) is 122 Å². The van der Waals surface area contributed by atoms with Crippen LogP contribution in [0.15, 0.2) is 18.2 Å². The number of nitrogens with zero attached hydrogens (tertiary/aromatic N) is 2. The quantitative estimate of drug-likeness (QED) is 0.476. The summed E-state index contributed by atoms with van der Waals surface area (Å²) in [6, 6.07) is 5.06. The molecule has 9 nitrogen and oxygen atoms in total. The van der Waals surface area contributed by atoms with Gasteiger partial charge in [0.1, 0.15) is 11.6 Å². The summed E-state index contributed by atoms with van der Waals surface area (Å²) in [5, 5.41) is 2.32. The maximum absolute atomic E-state index is 12.9. The van der Waals surface area contributed by atoms with Crippen LogP contribution >= 0.6 is 0 Å². The summed E-state index contributed by atoms with van der Waals surface area (Å²) in [7, 11) is 0. The third kappa shape index (κ3) is 6.50. The Morgan fingerprint density at radius 1 is 1.16 bits per heavy atom. The molecule has 1 saturated carbocycles. The zero-order chi connectivity index (χ0) is 26.7. The highest BCUT2D eigenvalue weighted by atomic mass is 16.6. The van der Waals surface area contributed by atoms with Crippen molar-refractivity contribution >= 4 is 23.8 Å². The van der Waals surface area contributed by atoms with Gasteiger partial charge in [0.2, 0.25) is 11.8 Å². The van der Waals surface area contributed by atoms with Crippen LogP contribution in [0.3, 0.4) is 0 Å². The Morgan fingerprint density at radius 3 is 2.57 bits per heavy atom. The Morgan fingerprint density at radius 2 is 1.89 bits per heavy atom. The summed E-state index contributed by atoms with van der Waals surface area (Å²) >= 11 is 0. The van der Waals surface area contributed by atoms with Gasteiger partial charge in [-0.3, -0.25) is 19.7 Å². The summed E-state index contributed by atoms with van der Waals surface area (Å²) < 4.78 is 5.65. The number of ether oxygens (including phenoxy) is 1. The molecule has 0 radical (unpaired) electrons. The number of rotatable bonds is 4. The highest BCUT2D eigenvalue weighted by Crippen LogP contribution is 2.28. The number of carbonyl (C=O) groups is 4. The van der Waals surface area contributed by atoms with Crippen LogP contribution in [0, 0.1) is 11.8 Å². The zero-order valence-corrected chi connectivity index (χ0v) is 21.8. The van der Waals surface area contributed by atoms with Crippen LogP contribution in [-0.2, 0) is 20.9 Å². The first-order valence-electron chi connectivity index (χ1n) is 13.0. The van der Waals surface area contributed by atoms with Crippen molar-refractivity contribution in [3.63, 3.8) is 0 Å². The lowest BCUT2D eigenvalue weighted by Gasteiger charge is -2.36. The summed E-state index contributed by atoms with van der Waals surface area (Å²) in [4.78, 5) is 52.8. The monoisotopic (exact) mass is 508 g/mol. The molecule has 9 heteroatoms. The van der Waals surface area contributed by atoms with Gasteiger partial charge in [0.25, 0.3) is 5.91 Å². The average molecular weight is 509 g/mol. The number of nitrogens with two attached hydrogens (primary N) is 1. The van der Waals surface area contributed by atoms with E-state index >= 15 is 0 Å². The molecule has 4 rings (SSSR count). The van der Waals surface area contributed by atoms with Crippen molar-refractivity contribution in [1.29, 1.82) is 0 Å². The van der Waals surface area contributed by atoms with Crippen LogP contribution in [0.2, 0.25) is 0 Å². The first-order valence-corrected chi connectivity index (χ1v) is 13.0. The number of carbonyl (C=O) groups excluding carboxylic acids is 4. The number of hydrogen-bond donors (Lipinski definition) is 2. The van der Waals surface area contributed by atoms with Gasteiger partial charge in [-0.1, -0.05) is 11.8 Å². The van der Waals surface area contributed by atoms with Gasteiger partial charge in [0.05, 0.1) is 0 Å². The number of fused-ring (bicyclic) bond motifs is 1. The van der Waals surface area contributed by atoms with Crippen LogP contribution in [-0.4, -0.2) is 63.9 Å². The first kappa shape index (κ1) is 26.7. The molecular weight excluding hydrogens is 472 g/mol. The average Bonchev–Trinajstić information content (AvgIpc) is 3.14. The van der Waals surface area contributed by atoms with E-state index in [0.29, 0.717) is 31.5 Å². The largest absolute Gasteiger partial charge is 0.444 e. The number of piperidine rings is 1. The Bertz CT molecular complexity index is 1140. The Kier molecular flexibility index (Phi) is 7.88. The molecule has 1 aliphatic carbocycles. The highest BCUT2D eigenvalue weighted by Gasteiger charge is 2.39. The van der Waals surface area contributed by atoms with Crippen molar-refractivity contribution < 1.29 is 23.9 Å². The summed E-state index contributed by atoms with van der Waals surface area (Å²) in [6.07, 6.45) is 4.21. The van der Waals surface area contributed by atoms with Crippen molar-refractivity contribution in [2.24, 2.45) is 5.73 Å². The Balaban J connectivity index is 1.40. The molecule has 198 valence electrons. The number of hydrogen-bond acceptors (Lipinski definition) is 6. The minimum Gasteiger partial charge on any atom is -0.444 e. The molecule has 0 bridgehead atoms. The van der Waals surface area contributed by atoms with Gasteiger partial charge in [0.15, 0.2) is 0 Å². The van der Waals surface area contributed by atoms with E-state index in [-0.39, 0.29) is 36.4 Å². The van der Waals surface area contributed by atoms with Crippen LogP contribution < -0.4 is 11.1 Å². The van der Waals surface area contributed by atoms with E-state index in [1.54, 1.807) is 17.0 Å². The minimum atomic E-state index is -0.639. The van der Waals surface area contributed by atoms with Crippen molar-refractivity contribution in [2.45, 2.75) is 96.0 Å². The predicted octanol–water partition coefficient (Wildman–Crippen LogP) is 2.70. The molecule has 1 aromatic carbocycles. The Labute approximate surface area is 218 Å². The lowest BCUT2D eigenvalue weighted by molar-refractivity contribution is -0.136. The molecule has 2 fully saturated rings. The maximum atomic E-state index is 12.9. The van der Waals surface area contributed by atoms with Crippen LogP contribution in [0.5, 0.6) is 0 Å². The van der Waals surface area contributed by atoms with Crippen molar-refractivity contribution in [2.75, 3.05) is 6.54 Å². The van der Waals surface area contributed by atoms with Gasteiger partial charge in [-0.2, -0.15) is 0 Å². The second-order valence-corrected chi connectivity index (χ2v) is 11.1. The standard InChI is InChI=1S/C28H36N4O5/c1-28(2,3)37-27(36)31(21-10-8-20(29)9-11-21)15-5-4-6-18-7-12-22-19(16-18)17-32(26(22)35)23-13-14-24(33)30-25(23)34/h7,12,16,20-21,23H,5,8-11,13-15,17,29H2,1-3H3,(H,30,33,34)/t20-,21-,23?. The van der Waals surface area contributed by atoms with E-state index in [0.717, 1.165) is 36.8 Å². The number of amides is 4. The molecule has 3 N–H and O–H groups in total. The van der Waals surface area contributed by atoms with Gasteiger partial charge in [-0.25, -0.2) is 4.79 Å². The van der Waals surface area contributed by atoms with Gasteiger partial charge in [0, 0.05) is 49.1 Å². The number of imide groups is 1. The second-order valence-electron chi connectivity index (χ2n) is 11.1. The predicted molar refractivity (Wildman–Crippen MR) is 137 cm³/mol. The number of nitrogens with one attached hydrogen (secondary N) is 1. The van der Waals surface area contributed by atoms with Crippen molar-refractivity contribution in [1.82, 2.24) is 15.1 Å². The van der Waals surface area contributed by atoms with E-state index in [2.05, 4.69) is 17.2 Å². The fourth-order valence-electron chi connectivity index (χ4n) is 5.15. The molecule has 1 atom stereocenters. The van der Waals surface area contributed by atoms with E-state index in [1.807, 2.05) is 26.8 Å². The van der Waals surface area contributed by atoms with Gasteiger partial charge >= 0.3 is 6.09 Å². The first-order chi connectivity index (χ1) is 17.5. The maximum Gasteiger partial charge on any atom is 0.410 e. The molecule has 37 heavy (non-hydrogen) atoms. The fourth-order valence-corrected chi connectivity index (χ4v) is 5.15. The summed E-state index contributed by atoms with van der Waals surface area (Å²) in [5.41, 5.74) is 7.62. The molecule has 0 spiro atoms. The molecule has 0 aromatic heterocycles. The molecule has 3 aliphatic rings.